The first kappa shape index (κ1) is 17.6. The normalized spacial score (nSPS) is 11.6. The molecule has 0 amide bonds. The Morgan fingerprint density at radius 1 is 1.10 bits per heavy atom. The van der Waals surface area contributed by atoms with E-state index in [0.717, 1.165) is 22.0 Å². The SMILES string of the molecule is Cn1cc(-c2c(O)c3cc(-c4ccc5c(ccn5C)c4)c(Cl)cc3[nH]c2=O)cn1. The van der Waals surface area contributed by atoms with Crippen molar-refractivity contribution in [1.82, 2.24) is 19.3 Å². The highest BCUT2D eigenvalue weighted by Crippen LogP contribution is 2.38. The maximum Gasteiger partial charge on any atom is 0.260 e. The van der Waals surface area contributed by atoms with Crippen molar-refractivity contribution in [2.45, 2.75) is 0 Å². The monoisotopic (exact) mass is 404 g/mol. The van der Waals surface area contributed by atoms with Crippen LogP contribution in [0.2, 0.25) is 5.02 Å². The highest BCUT2D eigenvalue weighted by atomic mass is 35.5. The van der Waals surface area contributed by atoms with E-state index < -0.39 is 5.56 Å². The molecule has 0 unspecified atom stereocenters. The summed E-state index contributed by atoms with van der Waals surface area (Å²) in [5, 5.41) is 17.1. The quantitative estimate of drug-likeness (QED) is 0.456. The Morgan fingerprint density at radius 2 is 1.93 bits per heavy atom. The first-order valence-electron chi connectivity index (χ1n) is 9.05. The molecular weight excluding hydrogens is 388 g/mol. The van der Waals surface area contributed by atoms with Crippen LogP contribution in [-0.4, -0.2) is 24.4 Å². The van der Waals surface area contributed by atoms with Crippen LogP contribution in [0.4, 0.5) is 0 Å². The number of fused-ring (bicyclic) bond motifs is 2. The summed E-state index contributed by atoms with van der Waals surface area (Å²) in [5.41, 5.74) is 3.67. The van der Waals surface area contributed by atoms with Crippen molar-refractivity contribution < 1.29 is 5.11 Å². The zero-order chi connectivity index (χ0) is 20.3. The van der Waals surface area contributed by atoms with Gasteiger partial charge in [-0.05, 0) is 35.9 Å². The second kappa shape index (κ2) is 6.25. The highest BCUT2D eigenvalue weighted by Gasteiger charge is 2.17. The largest absolute Gasteiger partial charge is 0.506 e. The molecule has 0 aliphatic carbocycles. The number of halogens is 1. The van der Waals surface area contributed by atoms with Gasteiger partial charge in [0.15, 0.2) is 0 Å². The zero-order valence-corrected chi connectivity index (χ0v) is 16.5. The molecule has 3 aromatic heterocycles. The summed E-state index contributed by atoms with van der Waals surface area (Å²) in [5.74, 6) is -0.0875. The van der Waals surface area contributed by atoms with Gasteiger partial charge in [-0.15, -0.1) is 0 Å². The van der Waals surface area contributed by atoms with E-state index in [2.05, 4.69) is 20.7 Å². The van der Waals surface area contributed by atoms with Gasteiger partial charge in [-0.3, -0.25) is 9.48 Å². The number of benzene rings is 2. The van der Waals surface area contributed by atoms with Crippen LogP contribution >= 0.6 is 11.6 Å². The molecular formula is C22H17ClN4O2. The van der Waals surface area contributed by atoms with Crippen molar-refractivity contribution in [2.24, 2.45) is 14.1 Å². The summed E-state index contributed by atoms with van der Waals surface area (Å²) in [6.07, 6.45) is 5.25. The Hall–Kier alpha value is -3.51. The number of aryl methyl sites for hydroxylation is 2. The van der Waals surface area contributed by atoms with Crippen LogP contribution in [0, 0.1) is 0 Å². The summed E-state index contributed by atoms with van der Waals surface area (Å²) >= 11 is 6.54. The minimum Gasteiger partial charge on any atom is -0.506 e. The van der Waals surface area contributed by atoms with Crippen molar-refractivity contribution in [3.8, 4) is 28.0 Å². The number of hydrogen-bond donors (Lipinski definition) is 2. The van der Waals surface area contributed by atoms with E-state index in [-0.39, 0.29) is 11.3 Å². The molecule has 7 heteroatoms. The van der Waals surface area contributed by atoms with Crippen LogP contribution in [-0.2, 0) is 14.1 Å². The van der Waals surface area contributed by atoms with Crippen LogP contribution in [0.15, 0.2) is 59.8 Å². The molecule has 0 aliphatic rings. The number of aromatic nitrogens is 4. The van der Waals surface area contributed by atoms with Gasteiger partial charge in [0.05, 0.1) is 22.3 Å². The van der Waals surface area contributed by atoms with E-state index in [9.17, 15) is 9.90 Å². The summed E-state index contributed by atoms with van der Waals surface area (Å²) in [6, 6.07) is 11.6. The Balaban J connectivity index is 1.76. The molecule has 5 rings (SSSR count). The number of nitrogens with zero attached hydrogens (tertiary/aromatic N) is 3. The van der Waals surface area contributed by atoms with Crippen LogP contribution in [0.25, 0.3) is 44.1 Å². The van der Waals surface area contributed by atoms with E-state index in [0.29, 0.717) is 21.5 Å². The Morgan fingerprint density at radius 3 is 2.69 bits per heavy atom. The van der Waals surface area contributed by atoms with Crippen LogP contribution in [0.5, 0.6) is 5.75 Å². The maximum atomic E-state index is 12.6. The van der Waals surface area contributed by atoms with Gasteiger partial charge >= 0.3 is 0 Å². The van der Waals surface area contributed by atoms with E-state index in [4.69, 9.17) is 11.6 Å². The van der Waals surface area contributed by atoms with Crippen LogP contribution in [0.3, 0.4) is 0 Å². The second-order valence-electron chi connectivity index (χ2n) is 7.16. The van der Waals surface area contributed by atoms with Crippen molar-refractivity contribution >= 4 is 33.4 Å². The topological polar surface area (TPSA) is 75.8 Å². The average Bonchev–Trinajstić information content (AvgIpc) is 3.27. The molecule has 0 aliphatic heterocycles. The van der Waals surface area contributed by atoms with E-state index >= 15 is 0 Å². The number of rotatable bonds is 2. The van der Waals surface area contributed by atoms with Gasteiger partial charge in [0.25, 0.3) is 5.56 Å². The molecule has 0 radical (unpaired) electrons. The van der Waals surface area contributed by atoms with Gasteiger partial charge in [0.2, 0.25) is 0 Å². The minimum atomic E-state index is -0.391. The first-order valence-corrected chi connectivity index (χ1v) is 9.43. The lowest BCUT2D eigenvalue weighted by atomic mass is 9.99. The standard InChI is InChI=1S/C22H17ClN4O2/c1-26-6-5-13-7-12(3-4-19(13)26)15-8-16-18(9-17(15)23)25-22(29)20(21(16)28)14-10-24-27(2)11-14/h3-11H,1-2H3,(H2,25,28,29). The molecule has 2 N–H and O–H groups in total. The lowest BCUT2D eigenvalue weighted by Gasteiger charge is -2.11. The smallest absolute Gasteiger partial charge is 0.260 e. The number of pyridine rings is 1. The molecule has 0 atom stereocenters. The molecule has 0 saturated carbocycles. The fraction of sp³-hybridized carbons (Fsp3) is 0.0909. The maximum absolute atomic E-state index is 12.6. The van der Waals surface area contributed by atoms with Crippen LogP contribution in [0.1, 0.15) is 0 Å². The van der Waals surface area contributed by atoms with Gasteiger partial charge < -0.3 is 14.7 Å². The highest BCUT2D eigenvalue weighted by molar-refractivity contribution is 6.34. The Bertz CT molecular complexity index is 1480. The lowest BCUT2D eigenvalue weighted by Crippen LogP contribution is -2.09. The first-order chi connectivity index (χ1) is 13.9. The summed E-state index contributed by atoms with van der Waals surface area (Å²) in [7, 11) is 3.76. The fourth-order valence-electron chi connectivity index (χ4n) is 3.79. The molecule has 0 saturated heterocycles. The molecule has 144 valence electrons. The van der Waals surface area contributed by atoms with E-state index in [1.165, 1.54) is 0 Å². The average molecular weight is 405 g/mol. The van der Waals surface area contributed by atoms with Crippen molar-refractivity contribution in [3.05, 3.63) is 70.4 Å². The van der Waals surface area contributed by atoms with Crippen molar-refractivity contribution in [3.63, 3.8) is 0 Å². The number of aromatic hydroxyl groups is 1. The molecule has 0 spiro atoms. The molecule has 2 aromatic carbocycles. The van der Waals surface area contributed by atoms with Gasteiger partial charge in [0, 0.05) is 53.9 Å². The molecule has 0 bridgehead atoms. The van der Waals surface area contributed by atoms with E-state index in [1.54, 1.807) is 30.2 Å². The number of H-pyrrole nitrogens is 1. The third-order valence-electron chi connectivity index (χ3n) is 5.26. The van der Waals surface area contributed by atoms with Gasteiger partial charge in [0.1, 0.15) is 5.75 Å². The second-order valence-corrected chi connectivity index (χ2v) is 7.57. The Kier molecular flexibility index (Phi) is 3.79. The molecule has 6 nitrogen and oxygen atoms in total. The predicted octanol–water partition coefficient (Wildman–Crippen LogP) is 4.45. The van der Waals surface area contributed by atoms with Gasteiger partial charge in [-0.25, -0.2) is 0 Å². The van der Waals surface area contributed by atoms with Gasteiger partial charge in [-0.2, -0.15) is 5.10 Å². The van der Waals surface area contributed by atoms with Gasteiger partial charge in [-0.1, -0.05) is 17.7 Å². The fourth-order valence-corrected chi connectivity index (χ4v) is 4.06. The molecule has 3 heterocycles. The number of hydrogen-bond acceptors (Lipinski definition) is 3. The number of nitrogens with one attached hydrogen (secondary N) is 1. The summed E-state index contributed by atoms with van der Waals surface area (Å²) in [4.78, 5) is 15.4. The summed E-state index contributed by atoms with van der Waals surface area (Å²) < 4.78 is 3.64. The predicted molar refractivity (Wildman–Crippen MR) is 115 cm³/mol. The lowest BCUT2D eigenvalue weighted by molar-refractivity contribution is 0.482. The number of aromatic amines is 1. The zero-order valence-electron chi connectivity index (χ0n) is 15.8. The summed E-state index contributed by atoms with van der Waals surface area (Å²) in [6.45, 7) is 0. The van der Waals surface area contributed by atoms with Crippen molar-refractivity contribution in [2.75, 3.05) is 0 Å². The van der Waals surface area contributed by atoms with E-state index in [1.807, 2.05) is 37.5 Å². The third-order valence-corrected chi connectivity index (χ3v) is 5.58. The minimum absolute atomic E-state index is 0.0875. The molecule has 5 aromatic rings. The van der Waals surface area contributed by atoms with Crippen molar-refractivity contribution in [1.29, 1.82) is 0 Å². The van der Waals surface area contributed by atoms with Crippen LogP contribution < -0.4 is 5.56 Å². The molecule has 0 fully saturated rings. The molecule has 29 heavy (non-hydrogen) atoms. The third kappa shape index (κ3) is 2.72. The Labute approximate surface area is 170 Å².